The van der Waals surface area contributed by atoms with Gasteiger partial charge in [0.1, 0.15) is 5.75 Å². The zero-order chi connectivity index (χ0) is 12.7. The molecule has 0 saturated carbocycles. The highest BCUT2D eigenvalue weighted by molar-refractivity contribution is 5.29. The summed E-state index contributed by atoms with van der Waals surface area (Å²) in [5.74, 6) is 1.47. The summed E-state index contributed by atoms with van der Waals surface area (Å²) in [7, 11) is 1.71. The number of likely N-dealkylation sites (N-methyl/N-ethyl adjacent to an activating group) is 1. The first-order valence-electron chi connectivity index (χ1n) is 6.60. The van der Waals surface area contributed by atoms with Gasteiger partial charge >= 0.3 is 0 Å². The first-order chi connectivity index (χ1) is 8.22. The number of hydrogen-bond donors (Lipinski definition) is 1. The molecule has 1 aromatic rings. The Balaban J connectivity index is 2.73. The summed E-state index contributed by atoms with van der Waals surface area (Å²) in [5.41, 5.74) is 1.38. The van der Waals surface area contributed by atoms with Crippen molar-refractivity contribution in [3.63, 3.8) is 0 Å². The van der Waals surface area contributed by atoms with E-state index in [2.05, 4.69) is 38.2 Å². The second-order valence-electron chi connectivity index (χ2n) is 4.51. The van der Waals surface area contributed by atoms with Crippen LogP contribution in [0.2, 0.25) is 0 Å². The van der Waals surface area contributed by atoms with Crippen LogP contribution >= 0.6 is 0 Å². The first kappa shape index (κ1) is 14.0. The van der Waals surface area contributed by atoms with Crippen LogP contribution in [0.5, 0.6) is 5.75 Å². The Hall–Kier alpha value is -1.02. The molecule has 2 nitrogen and oxygen atoms in total. The molecule has 1 rings (SSSR count). The maximum Gasteiger partial charge on any atom is 0.118 e. The molecule has 2 unspecified atom stereocenters. The molecule has 1 N–H and O–H groups in total. The van der Waals surface area contributed by atoms with E-state index in [4.69, 9.17) is 4.74 Å². The molecule has 0 radical (unpaired) electrons. The summed E-state index contributed by atoms with van der Waals surface area (Å²) in [5, 5.41) is 3.58. The summed E-state index contributed by atoms with van der Waals surface area (Å²) < 4.78 is 5.19. The van der Waals surface area contributed by atoms with Crippen LogP contribution in [0, 0.1) is 0 Å². The summed E-state index contributed by atoms with van der Waals surface area (Å²) in [6.07, 6.45) is 2.44. The van der Waals surface area contributed by atoms with Gasteiger partial charge in [0.15, 0.2) is 0 Å². The van der Waals surface area contributed by atoms with Gasteiger partial charge in [-0.1, -0.05) is 39.3 Å². The molecule has 1 aromatic carbocycles. The summed E-state index contributed by atoms with van der Waals surface area (Å²) in [6.45, 7) is 7.74. The number of benzene rings is 1. The standard InChI is InChI=1S/C15H25NO/c1-5-7-15(16-6-2)12(3)13-8-10-14(17-4)11-9-13/h8-12,15-16H,5-7H2,1-4H3. The number of nitrogens with one attached hydrogen (secondary N) is 1. The minimum atomic E-state index is 0.542. The normalized spacial score (nSPS) is 14.4. The monoisotopic (exact) mass is 235 g/mol. The van der Waals surface area contributed by atoms with Crippen LogP contribution in [0.3, 0.4) is 0 Å². The molecule has 0 aromatic heterocycles. The molecule has 0 fully saturated rings. The fourth-order valence-corrected chi connectivity index (χ4v) is 2.24. The SMILES string of the molecule is CCCC(NCC)C(C)c1ccc(OC)cc1. The third kappa shape index (κ3) is 4.04. The molecule has 0 spiro atoms. The molecular formula is C15H25NO. The number of hydrogen-bond acceptors (Lipinski definition) is 2. The van der Waals surface area contributed by atoms with E-state index in [9.17, 15) is 0 Å². The second kappa shape index (κ2) is 7.33. The molecule has 0 saturated heterocycles. The van der Waals surface area contributed by atoms with Gasteiger partial charge in [0.05, 0.1) is 7.11 Å². The zero-order valence-corrected chi connectivity index (χ0v) is 11.5. The van der Waals surface area contributed by atoms with E-state index in [0.29, 0.717) is 12.0 Å². The summed E-state index contributed by atoms with van der Waals surface area (Å²) in [4.78, 5) is 0. The minimum absolute atomic E-state index is 0.542. The van der Waals surface area contributed by atoms with Gasteiger partial charge in [-0.15, -0.1) is 0 Å². The maximum absolute atomic E-state index is 5.19. The molecule has 0 aliphatic rings. The highest BCUT2D eigenvalue weighted by Gasteiger charge is 2.16. The van der Waals surface area contributed by atoms with Crippen LogP contribution < -0.4 is 10.1 Å². The quantitative estimate of drug-likeness (QED) is 0.780. The molecule has 96 valence electrons. The maximum atomic E-state index is 5.19. The highest BCUT2D eigenvalue weighted by Crippen LogP contribution is 2.24. The lowest BCUT2D eigenvalue weighted by molar-refractivity contribution is 0.412. The lowest BCUT2D eigenvalue weighted by Gasteiger charge is -2.25. The van der Waals surface area contributed by atoms with E-state index < -0.39 is 0 Å². The van der Waals surface area contributed by atoms with Crippen LogP contribution in [-0.4, -0.2) is 19.7 Å². The van der Waals surface area contributed by atoms with Gasteiger partial charge < -0.3 is 10.1 Å². The number of methoxy groups -OCH3 is 1. The van der Waals surface area contributed by atoms with E-state index in [1.54, 1.807) is 7.11 Å². The van der Waals surface area contributed by atoms with Gasteiger partial charge in [-0.2, -0.15) is 0 Å². The van der Waals surface area contributed by atoms with Crippen LogP contribution in [0.15, 0.2) is 24.3 Å². The molecule has 17 heavy (non-hydrogen) atoms. The van der Waals surface area contributed by atoms with E-state index in [0.717, 1.165) is 12.3 Å². The van der Waals surface area contributed by atoms with Gasteiger partial charge in [-0.05, 0) is 36.6 Å². The van der Waals surface area contributed by atoms with E-state index in [1.165, 1.54) is 18.4 Å². The van der Waals surface area contributed by atoms with Crippen LogP contribution in [-0.2, 0) is 0 Å². The Bertz CT molecular complexity index is 301. The average molecular weight is 235 g/mol. The fraction of sp³-hybridized carbons (Fsp3) is 0.600. The van der Waals surface area contributed by atoms with Gasteiger partial charge in [0, 0.05) is 6.04 Å². The van der Waals surface area contributed by atoms with Crippen molar-refractivity contribution in [3.05, 3.63) is 29.8 Å². The van der Waals surface area contributed by atoms with Gasteiger partial charge in [0.2, 0.25) is 0 Å². The molecule has 2 atom stereocenters. The van der Waals surface area contributed by atoms with Crippen molar-refractivity contribution in [2.24, 2.45) is 0 Å². The van der Waals surface area contributed by atoms with Crippen LogP contribution in [0.1, 0.15) is 45.1 Å². The van der Waals surface area contributed by atoms with Crippen LogP contribution in [0.4, 0.5) is 0 Å². The van der Waals surface area contributed by atoms with Crippen molar-refractivity contribution < 1.29 is 4.74 Å². The Labute approximate surface area is 105 Å². The first-order valence-corrected chi connectivity index (χ1v) is 6.60. The molecule has 0 bridgehead atoms. The lowest BCUT2D eigenvalue weighted by Crippen LogP contribution is -2.33. The van der Waals surface area contributed by atoms with Crippen molar-refractivity contribution in [2.45, 2.75) is 45.6 Å². The molecule has 2 heteroatoms. The zero-order valence-electron chi connectivity index (χ0n) is 11.5. The van der Waals surface area contributed by atoms with Gasteiger partial charge in [-0.25, -0.2) is 0 Å². The van der Waals surface area contributed by atoms with Crippen molar-refractivity contribution in [1.82, 2.24) is 5.32 Å². The Morgan fingerprint density at radius 3 is 2.29 bits per heavy atom. The smallest absolute Gasteiger partial charge is 0.118 e. The number of ether oxygens (including phenoxy) is 1. The lowest BCUT2D eigenvalue weighted by atomic mass is 9.90. The van der Waals surface area contributed by atoms with Crippen molar-refractivity contribution in [3.8, 4) is 5.75 Å². The van der Waals surface area contributed by atoms with Crippen molar-refractivity contribution in [2.75, 3.05) is 13.7 Å². The third-order valence-corrected chi connectivity index (χ3v) is 3.31. The predicted molar refractivity (Wildman–Crippen MR) is 73.8 cm³/mol. The topological polar surface area (TPSA) is 21.3 Å². The Kier molecular flexibility index (Phi) is 6.06. The molecule has 0 aliphatic heterocycles. The van der Waals surface area contributed by atoms with E-state index >= 15 is 0 Å². The highest BCUT2D eigenvalue weighted by atomic mass is 16.5. The van der Waals surface area contributed by atoms with Gasteiger partial charge in [0.25, 0.3) is 0 Å². The van der Waals surface area contributed by atoms with Crippen molar-refractivity contribution in [1.29, 1.82) is 0 Å². The largest absolute Gasteiger partial charge is 0.497 e. The van der Waals surface area contributed by atoms with E-state index in [1.807, 2.05) is 12.1 Å². The second-order valence-corrected chi connectivity index (χ2v) is 4.51. The van der Waals surface area contributed by atoms with Crippen LogP contribution in [0.25, 0.3) is 0 Å². The molecule has 0 aliphatic carbocycles. The van der Waals surface area contributed by atoms with Crippen molar-refractivity contribution >= 4 is 0 Å². The molecule has 0 amide bonds. The Morgan fingerprint density at radius 1 is 1.18 bits per heavy atom. The number of rotatable bonds is 7. The van der Waals surface area contributed by atoms with E-state index in [-0.39, 0.29) is 0 Å². The average Bonchev–Trinajstić information content (AvgIpc) is 2.38. The third-order valence-electron chi connectivity index (χ3n) is 3.31. The predicted octanol–water partition coefficient (Wildman–Crippen LogP) is 3.58. The summed E-state index contributed by atoms with van der Waals surface area (Å²) >= 11 is 0. The Morgan fingerprint density at radius 2 is 1.82 bits per heavy atom. The minimum Gasteiger partial charge on any atom is -0.497 e. The van der Waals surface area contributed by atoms with Gasteiger partial charge in [-0.3, -0.25) is 0 Å². The summed E-state index contributed by atoms with van der Waals surface area (Å²) in [6, 6.07) is 8.99. The fourth-order valence-electron chi connectivity index (χ4n) is 2.24. The molecule has 0 heterocycles. The molecular weight excluding hydrogens is 210 g/mol.